The van der Waals surface area contributed by atoms with Gasteiger partial charge in [-0.2, -0.15) is 0 Å². The number of carbonyl (C=O) groups is 3. The van der Waals surface area contributed by atoms with Crippen LogP contribution in [0.25, 0.3) is 10.9 Å². The molecule has 0 aliphatic carbocycles. The second kappa shape index (κ2) is 7.90. The van der Waals surface area contributed by atoms with Crippen LogP contribution < -0.4 is 15.4 Å². The number of anilines is 1. The third kappa shape index (κ3) is 3.84. The number of hydrogen-bond acceptors (Lipinski definition) is 4. The van der Waals surface area contributed by atoms with E-state index in [1.165, 1.54) is 0 Å². The van der Waals surface area contributed by atoms with E-state index in [1.54, 1.807) is 31.4 Å². The maximum absolute atomic E-state index is 12.6. The van der Waals surface area contributed by atoms with Crippen LogP contribution in [0.15, 0.2) is 54.7 Å². The highest BCUT2D eigenvalue weighted by atomic mass is 16.5. The average Bonchev–Trinajstić information content (AvgIpc) is 3.22. The molecule has 1 aliphatic rings. The van der Waals surface area contributed by atoms with E-state index in [0.717, 1.165) is 21.4 Å². The number of ether oxygens (including phenoxy) is 1. The Morgan fingerprint density at radius 1 is 1.13 bits per heavy atom. The summed E-state index contributed by atoms with van der Waals surface area (Å²) < 4.78 is 7.10. The summed E-state index contributed by atoms with van der Waals surface area (Å²) in [7, 11) is 3.52. The first-order valence-corrected chi connectivity index (χ1v) is 9.54. The van der Waals surface area contributed by atoms with Crippen molar-refractivity contribution in [1.29, 1.82) is 0 Å². The number of nitrogens with one attached hydrogen (secondary N) is 2. The quantitative estimate of drug-likeness (QED) is 0.616. The second-order valence-electron chi connectivity index (χ2n) is 7.23. The molecular formula is C22H22N4O4. The van der Waals surface area contributed by atoms with Crippen LogP contribution in [0.5, 0.6) is 5.75 Å². The summed E-state index contributed by atoms with van der Waals surface area (Å²) in [6.45, 7) is 0.136. The van der Waals surface area contributed by atoms with Gasteiger partial charge in [0.2, 0.25) is 5.91 Å². The minimum absolute atomic E-state index is 0.128. The molecule has 1 unspecified atom stereocenters. The van der Waals surface area contributed by atoms with Crippen molar-refractivity contribution in [2.45, 2.75) is 19.0 Å². The number of benzene rings is 2. The molecule has 0 spiro atoms. The lowest BCUT2D eigenvalue weighted by Gasteiger charge is -2.13. The Morgan fingerprint density at radius 2 is 1.90 bits per heavy atom. The number of aromatic nitrogens is 1. The van der Waals surface area contributed by atoms with E-state index in [-0.39, 0.29) is 18.9 Å². The molecule has 2 heterocycles. The summed E-state index contributed by atoms with van der Waals surface area (Å²) in [5.41, 5.74) is 2.49. The molecule has 1 saturated heterocycles. The molecule has 1 aromatic heterocycles. The number of carbonyl (C=O) groups excluding carboxylic acids is 3. The zero-order valence-electron chi connectivity index (χ0n) is 16.7. The van der Waals surface area contributed by atoms with Crippen molar-refractivity contribution in [3.05, 3.63) is 60.3 Å². The number of methoxy groups -OCH3 is 1. The molecule has 2 aromatic carbocycles. The van der Waals surface area contributed by atoms with E-state index in [4.69, 9.17) is 4.74 Å². The Morgan fingerprint density at radius 3 is 2.63 bits per heavy atom. The van der Waals surface area contributed by atoms with Gasteiger partial charge in [-0.1, -0.05) is 12.1 Å². The van der Waals surface area contributed by atoms with Crippen molar-refractivity contribution in [3.8, 4) is 5.75 Å². The number of imide groups is 1. The summed E-state index contributed by atoms with van der Waals surface area (Å²) in [4.78, 5) is 38.5. The van der Waals surface area contributed by atoms with Crippen LogP contribution in [0.2, 0.25) is 0 Å². The SMILES string of the molecule is COc1ccc(CN2C(=O)NC(CC(=O)Nc3ccc4c(ccn4C)c3)C2=O)cc1. The molecule has 4 rings (SSSR count). The van der Waals surface area contributed by atoms with E-state index in [0.29, 0.717) is 11.4 Å². The normalized spacial score (nSPS) is 16.1. The number of amides is 4. The molecule has 8 nitrogen and oxygen atoms in total. The Labute approximate surface area is 173 Å². The van der Waals surface area contributed by atoms with Gasteiger partial charge < -0.3 is 19.9 Å². The summed E-state index contributed by atoms with van der Waals surface area (Å²) in [5, 5.41) is 6.40. The fourth-order valence-electron chi connectivity index (χ4n) is 3.54. The van der Waals surface area contributed by atoms with Crippen molar-refractivity contribution >= 4 is 34.4 Å². The van der Waals surface area contributed by atoms with Crippen LogP contribution in [-0.4, -0.2) is 40.5 Å². The standard InChI is InChI=1S/C22H22N4O4/c1-25-10-9-15-11-16(5-8-19(15)25)23-20(27)12-18-21(28)26(22(29)24-18)13-14-3-6-17(30-2)7-4-14/h3-11,18H,12-13H2,1-2H3,(H,23,27)(H,24,29). The zero-order valence-corrected chi connectivity index (χ0v) is 16.7. The van der Waals surface area contributed by atoms with E-state index >= 15 is 0 Å². The molecule has 154 valence electrons. The monoisotopic (exact) mass is 406 g/mol. The Kier molecular flexibility index (Phi) is 5.14. The topological polar surface area (TPSA) is 92.7 Å². The fourth-order valence-corrected chi connectivity index (χ4v) is 3.54. The van der Waals surface area contributed by atoms with E-state index in [9.17, 15) is 14.4 Å². The van der Waals surface area contributed by atoms with Gasteiger partial charge in [-0.15, -0.1) is 0 Å². The smallest absolute Gasteiger partial charge is 0.325 e. The van der Waals surface area contributed by atoms with Crippen molar-refractivity contribution in [1.82, 2.24) is 14.8 Å². The van der Waals surface area contributed by atoms with Gasteiger partial charge >= 0.3 is 6.03 Å². The van der Waals surface area contributed by atoms with Gasteiger partial charge in [-0.25, -0.2) is 4.79 Å². The maximum atomic E-state index is 12.6. The molecule has 2 N–H and O–H groups in total. The lowest BCUT2D eigenvalue weighted by Crippen LogP contribution is -2.34. The highest BCUT2D eigenvalue weighted by Gasteiger charge is 2.39. The van der Waals surface area contributed by atoms with Crippen molar-refractivity contribution in [3.63, 3.8) is 0 Å². The van der Waals surface area contributed by atoms with Gasteiger partial charge in [0.05, 0.1) is 20.1 Å². The first-order valence-electron chi connectivity index (χ1n) is 9.54. The highest BCUT2D eigenvalue weighted by molar-refractivity contribution is 6.07. The number of hydrogen-bond donors (Lipinski definition) is 2. The summed E-state index contributed by atoms with van der Waals surface area (Å²) >= 11 is 0. The van der Waals surface area contributed by atoms with Gasteiger partial charge in [0.15, 0.2) is 0 Å². The number of nitrogens with zero attached hydrogens (tertiary/aromatic N) is 2. The van der Waals surface area contributed by atoms with Gasteiger partial charge in [0.25, 0.3) is 5.91 Å². The second-order valence-corrected chi connectivity index (χ2v) is 7.23. The van der Waals surface area contributed by atoms with Gasteiger partial charge in [0, 0.05) is 29.8 Å². The predicted octanol–water partition coefficient (Wildman–Crippen LogP) is 2.64. The molecule has 1 fully saturated rings. The lowest BCUT2D eigenvalue weighted by atomic mass is 10.1. The third-order valence-electron chi connectivity index (χ3n) is 5.17. The Balaban J connectivity index is 1.38. The van der Waals surface area contributed by atoms with Crippen molar-refractivity contribution in [2.24, 2.45) is 7.05 Å². The van der Waals surface area contributed by atoms with Crippen LogP contribution in [0.1, 0.15) is 12.0 Å². The van der Waals surface area contributed by atoms with Crippen molar-refractivity contribution < 1.29 is 19.1 Å². The third-order valence-corrected chi connectivity index (χ3v) is 5.17. The van der Waals surface area contributed by atoms with Crippen LogP contribution in [0, 0.1) is 0 Å². The molecule has 30 heavy (non-hydrogen) atoms. The molecular weight excluding hydrogens is 384 g/mol. The first kappa shape index (κ1) is 19.5. The number of aryl methyl sites for hydroxylation is 1. The van der Waals surface area contributed by atoms with E-state index in [2.05, 4.69) is 10.6 Å². The predicted molar refractivity (Wildman–Crippen MR) is 112 cm³/mol. The summed E-state index contributed by atoms with van der Waals surface area (Å²) in [5.74, 6) is -0.0566. The minimum Gasteiger partial charge on any atom is -0.497 e. The number of fused-ring (bicyclic) bond motifs is 1. The molecule has 3 aromatic rings. The lowest BCUT2D eigenvalue weighted by molar-refractivity contribution is -0.130. The molecule has 1 aliphatic heterocycles. The maximum Gasteiger partial charge on any atom is 0.325 e. The van der Waals surface area contributed by atoms with Gasteiger partial charge in [-0.05, 0) is 42.0 Å². The van der Waals surface area contributed by atoms with E-state index < -0.39 is 18.0 Å². The van der Waals surface area contributed by atoms with Crippen LogP contribution >= 0.6 is 0 Å². The molecule has 8 heteroatoms. The summed E-state index contributed by atoms with van der Waals surface area (Å²) in [6.07, 6.45) is 1.82. The molecule has 1 atom stereocenters. The fraction of sp³-hybridized carbons (Fsp3) is 0.227. The molecule has 0 saturated carbocycles. The minimum atomic E-state index is -0.879. The van der Waals surface area contributed by atoms with Crippen molar-refractivity contribution in [2.75, 3.05) is 12.4 Å². The average molecular weight is 406 g/mol. The molecule has 0 radical (unpaired) electrons. The van der Waals surface area contributed by atoms with Crippen LogP contribution in [0.4, 0.5) is 10.5 Å². The van der Waals surface area contributed by atoms with Crippen LogP contribution in [0.3, 0.4) is 0 Å². The summed E-state index contributed by atoms with van der Waals surface area (Å²) in [6, 6.07) is 13.3. The number of rotatable bonds is 6. The Hall–Kier alpha value is -3.81. The number of urea groups is 1. The molecule has 0 bridgehead atoms. The Bertz CT molecular complexity index is 1120. The zero-order chi connectivity index (χ0) is 21.3. The molecule has 4 amide bonds. The van der Waals surface area contributed by atoms with Gasteiger partial charge in [-0.3, -0.25) is 14.5 Å². The van der Waals surface area contributed by atoms with Gasteiger partial charge in [0.1, 0.15) is 11.8 Å². The van der Waals surface area contributed by atoms with E-state index in [1.807, 2.05) is 42.1 Å². The van der Waals surface area contributed by atoms with Crippen LogP contribution in [-0.2, 0) is 23.2 Å². The largest absolute Gasteiger partial charge is 0.497 e. The first-order chi connectivity index (χ1) is 14.4. The highest BCUT2D eigenvalue weighted by Crippen LogP contribution is 2.21.